The molecule has 31 heavy (non-hydrogen) atoms. The van der Waals surface area contributed by atoms with Crippen LogP contribution in [0.1, 0.15) is 22.8 Å². The number of nitrogens with one attached hydrogen (secondary N) is 1. The Kier molecular flexibility index (Phi) is 5.60. The summed E-state index contributed by atoms with van der Waals surface area (Å²) in [5.41, 5.74) is 0.586. The molecule has 0 spiro atoms. The predicted octanol–water partition coefficient (Wildman–Crippen LogP) is 3.15. The monoisotopic (exact) mass is 439 g/mol. The molecule has 0 aliphatic carbocycles. The number of aromatic nitrogens is 2. The van der Waals surface area contributed by atoms with E-state index in [2.05, 4.69) is 4.98 Å². The molecule has 0 saturated heterocycles. The highest BCUT2D eigenvalue weighted by atomic mass is 32.2. The lowest BCUT2D eigenvalue weighted by atomic mass is 10.0. The average Bonchev–Trinajstić information content (AvgIpc) is 2.96. The fourth-order valence-corrected chi connectivity index (χ4v) is 4.76. The highest BCUT2D eigenvalue weighted by Crippen LogP contribution is 2.48. The van der Waals surface area contributed by atoms with Gasteiger partial charge in [0.2, 0.25) is 5.88 Å². The van der Waals surface area contributed by atoms with Crippen LogP contribution >= 0.6 is 11.8 Å². The lowest BCUT2D eigenvalue weighted by Gasteiger charge is -2.19. The van der Waals surface area contributed by atoms with Gasteiger partial charge in [-0.3, -0.25) is 19.3 Å². The van der Waals surface area contributed by atoms with Gasteiger partial charge in [-0.15, -0.1) is 11.8 Å². The number of rotatable bonds is 4. The number of nitrogens with zero attached hydrogens (tertiary/aromatic N) is 2. The van der Waals surface area contributed by atoms with Gasteiger partial charge < -0.3 is 14.6 Å². The Bertz CT molecular complexity index is 1300. The first-order valence-electron chi connectivity index (χ1n) is 9.50. The zero-order chi connectivity index (χ0) is 22.1. The van der Waals surface area contributed by atoms with Crippen molar-refractivity contribution in [3.63, 3.8) is 0 Å². The zero-order valence-electron chi connectivity index (χ0n) is 17.2. The second-order valence-electron chi connectivity index (χ2n) is 6.96. The summed E-state index contributed by atoms with van der Waals surface area (Å²) in [7, 11) is 4.57. The summed E-state index contributed by atoms with van der Waals surface area (Å²) in [5.74, 6) is 0.896. The molecule has 0 unspecified atom stereocenters. The summed E-state index contributed by atoms with van der Waals surface area (Å²) >= 11 is 1.59. The van der Waals surface area contributed by atoms with Crippen molar-refractivity contribution >= 4 is 23.2 Å². The molecule has 1 atom stereocenters. The SMILES string of the molecule is COc1ccc([C@@H]2CC(c3c(O)n(C)c(=O)[nH]c3=O)=Nc3ccccc3S2)c(OC)c1. The molecule has 8 nitrogen and oxygen atoms in total. The molecule has 0 radical (unpaired) electrons. The first-order valence-corrected chi connectivity index (χ1v) is 10.4. The number of benzene rings is 2. The lowest BCUT2D eigenvalue weighted by molar-refractivity contribution is 0.391. The van der Waals surface area contributed by atoms with E-state index in [1.807, 2.05) is 36.4 Å². The smallest absolute Gasteiger partial charge is 0.330 e. The molecule has 1 aliphatic heterocycles. The summed E-state index contributed by atoms with van der Waals surface area (Å²) in [4.78, 5) is 32.4. The van der Waals surface area contributed by atoms with Crippen LogP contribution in [0, 0.1) is 0 Å². The van der Waals surface area contributed by atoms with Gasteiger partial charge in [0.15, 0.2) is 0 Å². The zero-order valence-corrected chi connectivity index (χ0v) is 18.0. The molecule has 2 heterocycles. The molecule has 4 rings (SSSR count). The minimum atomic E-state index is -0.691. The number of hydrogen-bond donors (Lipinski definition) is 2. The number of aromatic amines is 1. The number of methoxy groups -OCH3 is 2. The molecule has 0 amide bonds. The number of aromatic hydroxyl groups is 1. The van der Waals surface area contributed by atoms with Crippen LogP contribution in [0.5, 0.6) is 17.4 Å². The second kappa shape index (κ2) is 8.35. The fourth-order valence-electron chi connectivity index (χ4n) is 3.50. The minimum absolute atomic E-state index is 0.0168. The van der Waals surface area contributed by atoms with E-state index in [4.69, 9.17) is 14.5 Å². The maximum Gasteiger partial charge on any atom is 0.330 e. The molecular formula is C22H21N3O5S. The van der Waals surface area contributed by atoms with Crippen molar-refractivity contribution in [3.05, 3.63) is 74.4 Å². The van der Waals surface area contributed by atoms with Gasteiger partial charge in [0.25, 0.3) is 5.56 Å². The van der Waals surface area contributed by atoms with Crippen LogP contribution in [0.3, 0.4) is 0 Å². The molecular weight excluding hydrogens is 418 g/mol. The third-order valence-electron chi connectivity index (χ3n) is 5.14. The molecule has 0 fully saturated rings. The van der Waals surface area contributed by atoms with Crippen LogP contribution in [-0.4, -0.2) is 34.6 Å². The van der Waals surface area contributed by atoms with Crippen LogP contribution in [0.4, 0.5) is 5.69 Å². The predicted molar refractivity (Wildman–Crippen MR) is 119 cm³/mol. The largest absolute Gasteiger partial charge is 0.497 e. The number of fused-ring (bicyclic) bond motifs is 1. The van der Waals surface area contributed by atoms with Gasteiger partial charge in [0.05, 0.1) is 25.6 Å². The Balaban J connectivity index is 1.91. The number of thioether (sulfide) groups is 1. The number of hydrogen-bond acceptors (Lipinski definition) is 7. The maximum atomic E-state index is 12.6. The van der Waals surface area contributed by atoms with E-state index in [1.165, 1.54) is 7.05 Å². The van der Waals surface area contributed by atoms with Crippen LogP contribution < -0.4 is 20.7 Å². The summed E-state index contributed by atoms with van der Waals surface area (Å²) in [6.07, 6.45) is 0.330. The van der Waals surface area contributed by atoms with E-state index in [0.29, 0.717) is 29.3 Å². The summed E-state index contributed by atoms with van der Waals surface area (Å²) < 4.78 is 11.9. The van der Waals surface area contributed by atoms with Gasteiger partial charge >= 0.3 is 5.69 Å². The van der Waals surface area contributed by atoms with Gasteiger partial charge in [0, 0.05) is 35.2 Å². The summed E-state index contributed by atoms with van der Waals surface area (Å²) in [5, 5.41) is 10.4. The third kappa shape index (κ3) is 3.84. The van der Waals surface area contributed by atoms with Crippen molar-refractivity contribution in [1.82, 2.24) is 9.55 Å². The van der Waals surface area contributed by atoms with E-state index < -0.39 is 17.1 Å². The van der Waals surface area contributed by atoms with Crippen molar-refractivity contribution in [1.29, 1.82) is 0 Å². The van der Waals surface area contributed by atoms with E-state index in [-0.39, 0.29) is 10.8 Å². The van der Waals surface area contributed by atoms with Crippen molar-refractivity contribution in [2.75, 3.05) is 14.2 Å². The third-order valence-corrected chi connectivity index (χ3v) is 6.44. The van der Waals surface area contributed by atoms with E-state index in [0.717, 1.165) is 15.0 Å². The van der Waals surface area contributed by atoms with Crippen LogP contribution in [0.2, 0.25) is 0 Å². The van der Waals surface area contributed by atoms with Gasteiger partial charge in [-0.05, 0) is 18.2 Å². The van der Waals surface area contributed by atoms with Gasteiger partial charge in [-0.25, -0.2) is 4.79 Å². The van der Waals surface area contributed by atoms with Crippen molar-refractivity contribution in [3.8, 4) is 17.4 Å². The Morgan fingerprint density at radius 2 is 1.94 bits per heavy atom. The molecule has 2 N–H and O–H groups in total. The average molecular weight is 439 g/mol. The van der Waals surface area contributed by atoms with Crippen LogP contribution in [-0.2, 0) is 7.05 Å². The van der Waals surface area contributed by atoms with Gasteiger partial charge in [-0.2, -0.15) is 0 Å². The van der Waals surface area contributed by atoms with Crippen LogP contribution in [0.25, 0.3) is 0 Å². The molecule has 2 aromatic carbocycles. The maximum absolute atomic E-state index is 12.6. The first kappa shape index (κ1) is 20.8. The fraction of sp³-hybridized carbons (Fsp3) is 0.227. The Hall–Kier alpha value is -3.46. The standard InChI is InChI=1S/C22H21N3O5S/c1-25-21(27)19(20(26)24-22(25)28)15-11-18(31-17-7-5-4-6-14(17)23-15)13-9-8-12(29-2)10-16(13)30-3/h4-10,18,27H,11H2,1-3H3,(H,24,26,28)/t18-/m0/s1. The number of para-hydroxylation sites is 1. The topological polar surface area (TPSA) is 106 Å². The lowest BCUT2D eigenvalue weighted by Crippen LogP contribution is -2.32. The molecule has 160 valence electrons. The molecule has 0 saturated carbocycles. The van der Waals surface area contributed by atoms with Gasteiger partial charge in [-0.1, -0.05) is 18.2 Å². The summed E-state index contributed by atoms with van der Waals surface area (Å²) in [6, 6.07) is 13.2. The molecule has 1 aliphatic rings. The van der Waals surface area contributed by atoms with Gasteiger partial charge in [0.1, 0.15) is 17.1 Å². The number of H-pyrrole nitrogens is 1. The Morgan fingerprint density at radius 3 is 2.68 bits per heavy atom. The highest BCUT2D eigenvalue weighted by molar-refractivity contribution is 7.99. The van der Waals surface area contributed by atoms with E-state index >= 15 is 0 Å². The molecule has 0 bridgehead atoms. The molecule has 9 heteroatoms. The second-order valence-corrected chi connectivity index (χ2v) is 8.21. The van der Waals surface area contributed by atoms with Crippen molar-refractivity contribution in [2.24, 2.45) is 12.0 Å². The Morgan fingerprint density at radius 1 is 1.16 bits per heavy atom. The molecule has 1 aromatic heterocycles. The van der Waals surface area contributed by atoms with Crippen molar-refractivity contribution in [2.45, 2.75) is 16.6 Å². The first-order chi connectivity index (χ1) is 14.9. The Labute approximate surface area is 182 Å². The highest BCUT2D eigenvalue weighted by Gasteiger charge is 2.28. The van der Waals surface area contributed by atoms with Crippen LogP contribution in [0.15, 0.2) is 61.9 Å². The van der Waals surface area contributed by atoms with Crippen molar-refractivity contribution < 1.29 is 14.6 Å². The van der Waals surface area contributed by atoms with E-state index in [1.54, 1.807) is 32.0 Å². The minimum Gasteiger partial charge on any atom is -0.497 e. The molecule has 3 aromatic rings. The number of ether oxygens (including phenoxy) is 2. The summed E-state index contributed by atoms with van der Waals surface area (Å²) in [6.45, 7) is 0. The normalized spacial score (nSPS) is 15.6. The number of aliphatic imine (C=N–C) groups is 1. The van der Waals surface area contributed by atoms with E-state index in [9.17, 15) is 14.7 Å². The quantitative estimate of drug-likeness (QED) is 0.647.